The summed E-state index contributed by atoms with van der Waals surface area (Å²) in [5.41, 5.74) is 0.399. The molecule has 0 saturated carbocycles. The molecule has 0 saturated heterocycles. The molecule has 18 heavy (non-hydrogen) atoms. The molecule has 0 bridgehead atoms. The van der Waals surface area contributed by atoms with Gasteiger partial charge in [-0.1, -0.05) is 0 Å². The van der Waals surface area contributed by atoms with Crippen LogP contribution in [0.5, 0.6) is 5.88 Å². The van der Waals surface area contributed by atoms with Crippen LogP contribution in [0.25, 0.3) is 20.4 Å². The molecule has 5 nitrogen and oxygen atoms in total. The van der Waals surface area contributed by atoms with Crippen LogP contribution in [0.1, 0.15) is 17.7 Å². The highest BCUT2D eigenvalue weighted by Gasteiger charge is 2.20. The van der Waals surface area contributed by atoms with Crippen LogP contribution in [0.3, 0.4) is 0 Å². The molecule has 0 spiro atoms. The van der Waals surface area contributed by atoms with Gasteiger partial charge in [0.05, 0.1) is 5.52 Å². The van der Waals surface area contributed by atoms with Crippen molar-refractivity contribution in [3.8, 4) is 5.88 Å². The van der Waals surface area contributed by atoms with Gasteiger partial charge in [0.2, 0.25) is 5.88 Å². The number of aromatic hydroxyl groups is 1. The fourth-order valence-electron chi connectivity index (χ4n) is 1.80. The molecule has 92 valence electrons. The highest BCUT2D eigenvalue weighted by atomic mass is 32.1. The number of fused-ring (bicyclic) bond motifs is 3. The van der Waals surface area contributed by atoms with Crippen molar-refractivity contribution in [2.45, 2.75) is 13.3 Å². The minimum absolute atomic E-state index is 0.180. The third-order valence-electron chi connectivity index (χ3n) is 2.65. The maximum absolute atomic E-state index is 12.8. The fourth-order valence-corrected chi connectivity index (χ4v) is 2.83. The van der Waals surface area contributed by atoms with Crippen molar-refractivity contribution < 1.29 is 13.9 Å². The lowest BCUT2D eigenvalue weighted by molar-refractivity contribution is 0.144. The zero-order valence-corrected chi connectivity index (χ0v) is 9.87. The molecule has 0 aliphatic heterocycles. The molecule has 1 N–H and O–H groups in total. The zero-order chi connectivity index (χ0) is 12.9. The first kappa shape index (κ1) is 11.1. The maximum Gasteiger partial charge on any atom is 0.282 e. The van der Waals surface area contributed by atoms with Crippen molar-refractivity contribution in [2.75, 3.05) is 0 Å². The Hall–Kier alpha value is -1.96. The Morgan fingerprint density at radius 3 is 2.78 bits per heavy atom. The molecule has 3 aromatic heterocycles. The molecule has 0 radical (unpaired) electrons. The molecular weight excluding hydrogens is 262 g/mol. The molecule has 0 unspecified atom stereocenters. The Bertz CT molecular complexity index is 758. The van der Waals surface area contributed by atoms with Gasteiger partial charge in [0.1, 0.15) is 21.6 Å². The van der Waals surface area contributed by atoms with E-state index in [2.05, 4.69) is 20.2 Å². The van der Waals surface area contributed by atoms with Crippen molar-refractivity contribution in [3.63, 3.8) is 0 Å². The second-order valence-electron chi connectivity index (χ2n) is 3.67. The molecule has 0 fully saturated rings. The van der Waals surface area contributed by atoms with E-state index in [-0.39, 0.29) is 11.6 Å². The van der Waals surface area contributed by atoms with Gasteiger partial charge in [-0.05, 0) is 12.5 Å². The third-order valence-corrected chi connectivity index (χ3v) is 3.71. The van der Waals surface area contributed by atoms with Crippen LogP contribution in [-0.4, -0.2) is 25.3 Å². The summed E-state index contributed by atoms with van der Waals surface area (Å²) in [5.74, 6) is -0.180. The van der Waals surface area contributed by atoms with Crippen molar-refractivity contribution in [1.82, 2.24) is 20.2 Å². The molecule has 3 rings (SSSR count). The maximum atomic E-state index is 12.8. The van der Waals surface area contributed by atoms with Crippen LogP contribution in [-0.2, 0) is 0 Å². The Kier molecular flexibility index (Phi) is 2.34. The van der Waals surface area contributed by atoms with Crippen LogP contribution in [0.4, 0.5) is 8.78 Å². The predicted octanol–water partition coefficient (Wildman–Crippen LogP) is 2.59. The number of nitrogens with zero attached hydrogens (tertiary/aromatic N) is 4. The second kappa shape index (κ2) is 3.77. The highest BCUT2D eigenvalue weighted by Crippen LogP contribution is 2.38. The minimum Gasteiger partial charge on any atom is -0.492 e. The summed E-state index contributed by atoms with van der Waals surface area (Å²) in [6, 6.07) is 0. The number of rotatable bonds is 1. The topological polar surface area (TPSA) is 71.8 Å². The molecule has 0 amide bonds. The number of aryl methyl sites for hydroxylation is 1. The quantitative estimate of drug-likeness (QED) is 0.734. The van der Waals surface area contributed by atoms with Crippen LogP contribution in [0.2, 0.25) is 0 Å². The molecule has 0 aliphatic rings. The van der Waals surface area contributed by atoms with E-state index in [4.69, 9.17) is 0 Å². The molecule has 0 aromatic carbocycles. The number of halogens is 2. The van der Waals surface area contributed by atoms with Crippen molar-refractivity contribution in [3.05, 3.63) is 17.6 Å². The Balaban J connectivity index is 2.50. The Morgan fingerprint density at radius 2 is 2.06 bits per heavy atom. The van der Waals surface area contributed by atoms with Gasteiger partial charge >= 0.3 is 0 Å². The second-order valence-corrected chi connectivity index (χ2v) is 4.67. The van der Waals surface area contributed by atoms with Gasteiger partial charge < -0.3 is 5.11 Å². The van der Waals surface area contributed by atoms with Gasteiger partial charge in [0, 0.05) is 5.39 Å². The normalized spacial score (nSPS) is 11.8. The molecule has 3 heterocycles. The Labute approximate surface area is 103 Å². The average molecular weight is 268 g/mol. The van der Waals surface area contributed by atoms with E-state index in [1.165, 1.54) is 6.33 Å². The smallest absolute Gasteiger partial charge is 0.282 e. The predicted molar refractivity (Wildman–Crippen MR) is 61.9 cm³/mol. The Morgan fingerprint density at radius 1 is 1.28 bits per heavy atom. The first-order valence-corrected chi connectivity index (χ1v) is 5.78. The lowest BCUT2D eigenvalue weighted by Crippen LogP contribution is -1.97. The van der Waals surface area contributed by atoms with Gasteiger partial charge in [0.15, 0.2) is 0 Å². The summed E-state index contributed by atoms with van der Waals surface area (Å²) in [5, 5.41) is 17.4. The molecule has 3 aromatic rings. The van der Waals surface area contributed by atoms with E-state index in [1.54, 1.807) is 6.92 Å². The lowest BCUT2D eigenvalue weighted by Gasteiger charge is -2.03. The summed E-state index contributed by atoms with van der Waals surface area (Å²) >= 11 is 1.13. The van der Waals surface area contributed by atoms with Gasteiger partial charge in [-0.15, -0.1) is 21.5 Å². The lowest BCUT2D eigenvalue weighted by atomic mass is 10.1. The molecule has 0 aliphatic carbocycles. The van der Waals surface area contributed by atoms with Gasteiger partial charge in [-0.25, -0.2) is 18.7 Å². The SMILES string of the molecule is Cc1c(C(F)F)nnc2sc3c(O)ncnc3c12. The number of alkyl halides is 2. The average Bonchev–Trinajstić information content (AvgIpc) is 2.70. The largest absolute Gasteiger partial charge is 0.492 e. The summed E-state index contributed by atoms with van der Waals surface area (Å²) < 4.78 is 25.9. The third kappa shape index (κ3) is 1.42. The van der Waals surface area contributed by atoms with E-state index < -0.39 is 6.43 Å². The van der Waals surface area contributed by atoms with Gasteiger partial charge in [-0.2, -0.15) is 0 Å². The van der Waals surface area contributed by atoms with E-state index >= 15 is 0 Å². The van der Waals surface area contributed by atoms with E-state index in [1.807, 2.05) is 0 Å². The van der Waals surface area contributed by atoms with E-state index in [0.717, 1.165) is 11.3 Å². The number of hydrogen-bond acceptors (Lipinski definition) is 6. The van der Waals surface area contributed by atoms with Crippen LogP contribution in [0, 0.1) is 6.92 Å². The van der Waals surface area contributed by atoms with E-state index in [9.17, 15) is 13.9 Å². The van der Waals surface area contributed by atoms with Crippen molar-refractivity contribution in [2.24, 2.45) is 0 Å². The van der Waals surface area contributed by atoms with E-state index in [0.29, 0.717) is 26.0 Å². The number of thiophene rings is 1. The monoisotopic (exact) mass is 268 g/mol. The van der Waals surface area contributed by atoms with Crippen molar-refractivity contribution >= 4 is 31.8 Å². The minimum atomic E-state index is -2.69. The standard InChI is InChI=1S/C10H6F2N4OS/c1-3-4-6-7(9(17)14-2-13-6)18-10(4)16-15-5(3)8(11)12/h2,8H,1H3,(H,13,14,17). The number of hydrogen-bond donors (Lipinski definition) is 1. The first-order chi connectivity index (χ1) is 8.59. The van der Waals surface area contributed by atoms with Crippen LogP contribution >= 0.6 is 11.3 Å². The molecule has 0 atom stereocenters. The summed E-state index contributed by atoms with van der Waals surface area (Å²) in [6.45, 7) is 1.55. The zero-order valence-electron chi connectivity index (χ0n) is 9.05. The first-order valence-electron chi connectivity index (χ1n) is 4.97. The van der Waals surface area contributed by atoms with Crippen LogP contribution < -0.4 is 0 Å². The van der Waals surface area contributed by atoms with Gasteiger partial charge in [0.25, 0.3) is 6.43 Å². The van der Waals surface area contributed by atoms with Crippen molar-refractivity contribution in [1.29, 1.82) is 0 Å². The summed E-state index contributed by atoms with van der Waals surface area (Å²) in [7, 11) is 0. The molecule has 8 heteroatoms. The highest BCUT2D eigenvalue weighted by molar-refractivity contribution is 7.25. The molecular formula is C10H6F2N4OS. The summed E-state index contributed by atoms with van der Waals surface area (Å²) in [6.07, 6.45) is -1.50. The number of aromatic nitrogens is 4. The summed E-state index contributed by atoms with van der Waals surface area (Å²) in [4.78, 5) is 8.13. The van der Waals surface area contributed by atoms with Gasteiger partial charge in [-0.3, -0.25) is 0 Å². The fraction of sp³-hybridized carbons (Fsp3) is 0.200. The van der Waals surface area contributed by atoms with Crippen LogP contribution in [0.15, 0.2) is 6.33 Å².